The summed E-state index contributed by atoms with van der Waals surface area (Å²) in [6.07, 6.45) is 7.41. The molecule has 0 unspecified atom stereocenters. The molecule has 2 heterocycles. The molecule has 0 fully saturated rings. The van der Waals surface area contributed by atoms with Crippen molar-refractivity contribution in [2.75, 3.05) is 12.0 Å². The first-order valence-electron chi connectivity index (χ1n) is 6.16. The second-order valence-corrected chi connectivity index (χ2v) is 5.20. The average Bonchev–Trinajstić information content (AvgIpc) is 2.97. The molecule has 0 saturated heterocycles. The van der Waals surface area contributed by atoms with Gasteiger partial charge in [-0.25, -0.2) is 9.97 Å². The van der Waals surface area contributed by atoms with Crippen LogP contribution in [0.15, 0.2) is 60.0 Å². The van der Waals surface area contributed by atoms with Crippen molar-refractivity contribution in [1.29, 1.82) is 0 Å². The number of rotatable bonds is 3. The Kier molecular flexibility index (Phi) is 3.43. The molecule has 3 aromatic rings. The Hall–Kier alpha value is -2.27. The molecular weight excluding hydrogens is 268 g/mol. The zero-order chi connectivity index (χ0) is 13.9. The summed E-state index contributed by atoms with van der Waals surface area (Å²) in [5.74, 6) is 0.507. The monoisotopic (exact) mass is 282 g/mol. The highest BCUT2D eigenvalue weighted by Crippen LogP contribution is 2.24. The summed E-state index contributed by atoms with van der Waals surface area (Å²) in [4.78, 5) is 9.50. The van der Waals surface area contributed by atoms with E-state index in [0.717, 1.165) is 16.9 Å². The molecule has 0 aliphatic carbocycles. The van der Waals surface area contributed by atoms with Crippen LogP contribution in [0.3, 0.4) is 0 Å². The number of hydrogen-bond acceptors (Lipinski definition) is 4. The molecule has 0 bridgehead atoms. The standard InChI is InChI=1S/C15H14N4S/c1-20-13-4-2-12(3-5-13)19-10-17-9-14(19)11-6-7-18-15(16)8-11/h2-10H,1H3,(H2,16,18). The fourth-order valence-corrected chi connectivity index (χ4v) is 2.47. The van der Waals surface area contributed by atoms with Crippen molar-refractivity contribution in [2.45, 2.75) is 4.90 Å². The maximum absolute atomic E-state index is 5.75. The van der Waals surface area contributed by atoms with Gasteiger partial charge in [0.1, 0.15) is 5.82 Å². The van der Waals surface area contributed by atoms with Gasteiger partial charge in [0.2, 0.25) is 0 Å². The van der Waals surface area contributed by atoms with Gasteiger partial charge in [-0.2, -0.15) is 0 Å². The summed E-state index contributed by atoms with van der Waals surface area (Å²) in [6, 6.07) is 12.2. The van der Waals surface area contributed by atoms with Gasteiger partial charge in [-0.3, -0.25) is 4.57 Å². The Balaban J connectivity index is 2.05. The molecule has 0 aliphatic heterocycles. The summed E-state index contributed by atoms with van der Waals surface area (Å²) in [6.45, 7) is 0. The van der Waals surface area contributed by atoms with Crippen LogP contribution < -0.4 is 5.73 Å². The first-order valence-corrected chi connectivity index (χ1v) is 7.39. The molecule has 2 aromatic heterocycles. The molecule has 2 N–H and O–H groups in total. The Morgan fingerprint density at radius 3 is 2.65 bits per heavy atom. The third kappa shape index (κ3) is 2.40. The number of pyridine rings is 1. The normalized spacial score (nSPS) is 10.7. The van der Waals surface area contributed by atoms with Gasteiger partial charge in [-0.05, 0) is 42.7 Å². The van der Waals surface area contributed by atoms with Gasteiger partial charge in [0, 0.05) is 22.3 Å². The van der Waals surface area contributed by atoms with Gasteiger partial charge in [-0.1, -0.05) is 0 Å². The van der Waals surface area contributed by atoms with E-state index in [-0.39, 0.29) is 0 Å². The van der Waals surface area contributed by atoms with E-state index in [4.69, 9.17) is 5.73 Å². The molecule has 0 radical (unpaired) electrons. The van der Waals surface area contributed by atoms with E-state index in [1.54, 1.807) is 24.3 Å². The topological polar surface area (TPSA) is 56.7 Å². The number of anilines is 1. The highest BCUT2D eigenvalue weighted by molar-refractivity contribution is 7.98. The minimum atomic E-state index is 0.507. The van der Waals surface area contributed by atoms with E-state index in [1.807, 2.05) is 22.9 Å². The van der Waals surface area contributed by atoms with Gasteiger partial charge in [0.15, 0.2) is 0 Å². The number of nitrogens with zero attached hydrogens (tertiary/aromatic N) is 3. The maximum Gasteiger partial charge on any atom is 0.123 e. The fourth-order valence-electron chi connectivity index (χ4n) is 2.06. The van der Waals surface area contributed by atoms with Crippen LogP contribution in [0.2, 0.25) is 0 Å². The highest BCUT2D eigenvalue weighted by atomic mass is 32.2. The number of thioether (sulfide) groups is 1. The largest absolute Gasteiger partial charge is 0.384 e. The third-order valence-electron chi connectivity index (χ3n) is 3.07. The van der Waals surface area contributed by atoms with Gasteiger partial charge in [0.25, 0.3) is 0 Å². The van der Waals surface area contributed by atoms with Crippen molar-refractivity contribution in [1.82, 2.24) is 14.5 Å². The molecule has 0 amide bonds. The van der Waals surface area contributed by atoms with E-state index in [0.29, 0.717) is 5.82 Å². The molecule has 1 aromatic carbocycles. The van der Waals surface area contributed by atoms with Crippen LogP contribution in [0.25, 0.3) is 16.9 Å². The maximum atomic E-state index is 5.75. The Morgan fingerprint density at radius 1 is 1.15 bits per heavy atom. The molecule has 0 saturated carbocycles. The van der Waals surface area contributed by atoms with Crippen LogP contribution in [0.1, 0.15) is 0 Å². The smallest absolute Gasteiger partial charge is 0.123 e. The molecule has 0 aliphatic rings. The minimum absolute atomic E-state index is 0.507. The second kappa shape index (κ2) is 5.38. The summed E-state index contributed by atoms with van der Waals surface area (Å²) >= 11 is 1.73. The number of nitrogen functional groups attached to an aromatic ring is 1. The van der Waals surface area contributed by atoms with Crippen LogP contribution in [-0.4, -0.2) is 20.8 Å². The molecule has 100 valence electrons. The lowest BCUT2D eigenvalue weighted by atomic mass is 10.2. The molecule has 5 heteroatoms. The fraction of sp³-hybridized carbons (Fsp3) is 0.0667. The van der Waals surface area contributed by atoms with E-state index in [9.17, 15) is 0 Å². The lowest BCUT2D eigenvalue weighted by Crippen LogP contribution is -1.96. The van der Waals surface area contributed by atoms with Crippen LogP contribution in [0.5, 0.6) is 0 Å². The highest BCUT2D eigenvalue weighted by Gasteiger charge is 2.07. The van der Waals surface area contributed by atoms with E-state index >= 15 is 0 Å². The van der Waals surface area contributed by atoms with E-state index in [2.05, 4.69) is 40.5 Å². The first-order chi connectivity index (χ1) is 9.78. The van der Waals surface area contributed by atoms with Crippen LogP contribution in [-0.2, 0) is 0 Å². The molecular formula is C15H14N4S. The Bertz CT molecular complexity index is 719. The number of benzene rings is 1. The van der Waals surface area contributed by atoms with Gasteiger partial charge in [0.05, 0.1) is 18.2 Å². The summed E-state index contributed by atoms with van der Waals surface area (Å²) in [5, 5.41) is 0. The first kappa shape index (κ1) is 12.7. The zero-order valence-corrected chi connectivity index (χ0v) is 11.8. The average molecular weight is 282 g/mol. The van der Waals surface area contributed by atoms with Crippen LogP contribution in [0.4, 0.5) is 5.82 Å². The van der Waals surface area contributed by atoms with Crippen molar-refractivity contribution in [3.8, 4) is 16.9 Å². The van der Waals surface area contributed by atoms with Crippen LogP contribution in [0, 0.1) is 0 Å². The lowest BCUT2D eigenvalue weighted by Gasteiger charge is -2.09. The SMILES string of the molecule is CSc1ccc(-n2cncc2-c2ccnc(N)c2)cc1. The Morgan fingerprint density at radius 2 is 1.95 bits per heavy atom. The number of aromatic nitrogens is 3. The summed E-state index contributed by atoms with van der Waals surface area (Å²) < 4.78 is 2.04. The van der Waals surface area contributed by atoms with Crippen molar-refractivity contribution in [2.24, 2.45) is 0 Å². The summed E-state index contributed by atoms with van der Waals surface area (Å²) in [5.41, 5.74) is 8.82. The minimum Gasteiger partial charge on any atom is -0.384 e. The molecule has 0 atom stereocenters. The number of nitrogens with two attached hydrogens (primary N) is 1. The molecule has 20 heavy (non-hydrogen) atoms. The molecule has 3 rings (SSSR count). The molecule has 0 spiro atoms. The van der Waals surface area contributed by atoms with Crippen molar-refractivity contribution in [3.05, 3.63) is 55.1 Å². The lowest BCUT2D eigenvalue weighted by molar-refractivity contribution is 1.06. The van der Waals surface area contributed by atoms with Crippen LogP contribution >= 0.6 is 11.8 Å². The predicted molar refractivity (Wildman–Crippen MR) is 83.0 cm³/mol. The van der Waals surface area contributed by atoms with E-state index < -0.39 is 0 Å². The van der Waals surface area contributed by atoms with Gasteiger partial charge in [-0.15, -0.1) is 11.8 Å². The van der Waals surface area contributed by atoms with Gasteiger partial charge < -0.3 is 5.73 Å². The van der Waals surface area contributed by atoms with Crippen molar-refractivity contribution in [3.63, 3.8) is 0 Å². The predicted octanol–water partition coefficient (Wildman–Crippen LogP) is 3.24. The quantitative estimate of drug-likeness (QED) is 0.749. The number of hydrogen-bond donors (Lipinski definition) is 1. The zero-order valence-electron chi connectivity index (χ0n) is 11.0. The van der Waals surface area contributed by atoms with E-state index in [1.165, 1.54) is 4.90 Å². The summed E-state index contributed by atoms with van der Waals surface area (Å²) in [7, 11) is 0. The third-order valence-corrected chi connectivity index (χ3v) is 3.81. The van der Waals surface area contributed by atoms with Crippen molar-refractivity contribution < 1.29 is 0 Å². The Labute approximate surface area is 121 Å². The van der Waals surface area contributed by atoms with Crippen molar-refractivity contribution >= 4 is 17.6 Å². The number of imidazole rings is 1. The van der Waals surface area contributed by atoms with Gasteiger partial charge >= 0.3 is 0 Å². The molecule has 4 nitrogen and oxygen atoms in total. The second-order valence-electron chi connectivity index (χ2n) is 4.32.